The molecule has 0 heterocycles. The highest BCUT2D eigenvalue weighted by Gasteiger charge is 2.16. The van der Waals surface area contributed by atoms with E-state index in [4.69, 9.17) is 10.1 Å². The molecule has 0 aromatic heterocycles. The van der Waals surface area contributed by atoms with Gasteiger partial charge in [0.1, 0.15) is 11.6 Å². The maximum absolute atomic E-state index is 8.99. The summed E-state index contributed by atoms with van der Waals surface area (Å²) in [6.07, 6.45) is 10.7. The smallest absolute Gasteiger partial charge is 0.128 e. The second-order valence-corrected chi connectivity index (χ2v) is 7.96. The second-order valence-electron chi connectivity index (χ2n) is 7.96. The molecule has 3 heteroatoms. The summed E-state index contributed by atoms with van der Waals surface area (Å²) in [5.74, 6) is 1.60. The SMILES string of the molecule is CCCCCOc1ccc(C(=N)N(CCCCC)CCCCC)c2ccccc12. The maximum atomic E-state index is 8.99. The van der Waals surface area contributed by atoms with Gasteiger partial charge in [-0.3, -0.25) is 5.41 Å². The number of hydrogen-bond donors (Lipinski definition) is 1. The Bertz CT molecular complexity index is 731. The van der Waals surface area contributed by atoms with Crippen molar-refractivity contribution in [2.24, 2.45) is 0 Å². The Morgan fingerprint density at radius 3 is 1.97 bits per heavy atom. The average Bonchev–Trinajstić information content (AvgIpc) is 2.75. The molecule has 0 atom stereocenters. The maximum Gasteiger partial charge on any atom is 0.128 e. The van der Waals surface area contributed by atoms with Crippen molar-refractivity contribution >= 4 is 16.6 Å². The van der Waals surface area contributed by atoms with Crippen LogP contribution in [0.15, 0.2) is 36.4 Å². The minimum atomic E-state index is 0.658. The molecule has 2 aromatic carbocycles. The lowest BCUT2D eigenvalue weighted by molar-refractivity contribution is 0.310. The van der Waals surface area contributed by atoms with Gasteiger partial charge in [-0.2, -0.15) is 0 Å². The summed E-state index contributed by atoms with van der Waals surface area (Å²) in [6, 6.07) is 12.5. The molecule has 0 aliphatic carbocycles. The molecule has 2 aromatic rings. The number of fused-ring (bicyclic) bond motifs is 1. The zero-order chi connectivity index (χ0) is 20.9. The number of hydrogen-bond acceptors (Lipinski definition) is 2. The van der Waals surface area contributed by atoms with Gasteiger partial charge in [-0.1, -0.05) is 83.6 Å². The second kappa shape index (κ2) is 13.2. The summed E-state index contributed by atoms with van der Waals surface area (Å²) in [7, 11) is 0. The van der Waals surface area contributed by atoms with Crippen LogP contribution in [0.5, 0.6) is 5.75 Å². The molecule has 0 amide bonds. The summed E-state index contributed by atoms with van der Waals surface area (Å²) >= 11 is 0. The Morgan fingerprint density at radius 1 is 0.759 bits per heavy atom. The van der Waals surface area contributed by atoms with E-state index >= 15 is 0 Å². The van der Waals surface area contributed by atoms with Crippen molar-refractivity contribution in [3.63, 3.8) is 0 Å². The molecule has 0 saturated heterocycles. The highest BCUT2D eigenvalue weighted by atomic mass is 16.5. The highest BCUT2D eigenvalue weighted by Crippen LogP contribution is 2.30. The lowest BCUT2D eigenvalue weighted by atomic mass is 10.0. The summed E-state index contributed by atoms with van der Waals surface area (Å²) < 4.78 is 6.09. The summed E-state index contributed by atoms with van der Waals surface area (Å²) in [5.41, 5.74) is 1.02. The first-order chi connectivity index (χ1) is 14.2. The fourth-order valence-electron chi connectivity index (χ4n) is 3.75. The van der Waals surface area contributed by atoms with E-state index in [1.54, 1.807) is 0 Å². The van der Waals surface area contributed by atoms with Crippen molar-refractivity contribution in [2.45, 2.75) is 78.6 Å². The minimum Gasteiger partial charge on any atom is -0.493 e. The van der Waals surface area contributed by atoms with Gasteiger partial charge in [0.25, 0.3) is 0 Å². The van der Waals surface area contributed by atoms with Crippen LogP contribution in [0.1, 0.15) is 84.1 Å². The van der Waals surface area contributed by atoms with Gasteiger partial charge in [0, 0.05) is 24.0 Å². The van der Waals surface area contributed by atoms with Crippen molar-refractivity contribution in [2.75, 3.05) is 19.7 Å². The minimum absolute atomic E-state index is 0.658. The molecule has 3 nitrogen and oxygen atoms in total. The first-order valence-corrected chi connectivity index (χ1v) is 11.7. The molecule has 0 spiro atoms. The Labute approximate surface area is 178 Å². The fraction of sp³-hybridized carbons (Fsp3) is 0.577. The van der Waals surface area contributed by atoms with Gasteiger partial charge in [-0.15, -0.1) is 0 Å². The largest absolute Gasteiger partial charge is 0.493 e. The Hall–Kier alpha value is -2.03. The number of nitrogens with one attached hydrogen (secondary N) is 1. The van der Waals surface area contributed by atoms with E-state index < -0.39 is 0 Å². The zero-order valence-corrected chi connectivity index (χ0v) is 18.8. The van der Waals surface area contributed by atoms with Crippen LogP contribution in [0.2, 0.25) is 0 Å². The van der Waals surface area contributed by atoms with Crippen LogP contribution in [0.25, 0.3) is 10.8 Å². The van der Waals surface area contributed by atoms with Crippen molar-refractivity contribution < 1.29 is 4.74 Å². The monoisotopic (exact) mass is 396 g/mol. The van der Waals surface area contributed by atoms with E-state index in [1.165, 1.54) is 38.5 Å². The van der Waals surface area contributed by atoms with Crippen LogP contribution in [-0.2, 0) is 0 Å². The zero-order valence-electron chi connectivity index (χ0n) is 18.8. The van der Waals surface area contributed by atoms with E-state index in [2.05, 4.69) is 62.1 Å². The summed E-state index contributed by atoms with van der Waals surface area (Å²) in [5, 5.41) is 11.2. The van der Waals surface area contributed by atoms with Gasteiger partial charge in [0.05, 0.1) is 6.61 Å². The van der Waals surface area contributed by atoms with Gasteiger partial charge < -0.3 is 9.64 Å². The van der Waals surface area contributed by atoms with Crippen LogP contribution in [-0.4, -0.2) is 30.4 Å². The van der Waals surface area contributed by atoms with Crippen LogP contribution in [0, 0.1) is 5.41 Å². The van der Waals surface area contributed by atoms with Crippen molar-refractivity contribution in [1.82, 2.24) is 4.90 Å². The third-order valence-electron chi connectivity index (χ3n) is 5.52. The summed E-state index contributed by atoms with van der Waals surface area (Å²) in [4.78, 5) is 2.29. The topological polar surface area (TPSA) is 36.3 Å². The molecule has 160 valence electrons. The van der Waals surface area contributed by atoms with Gasteiger partial charge in [0.2, 0.25) is 0 Å². The molecule has 0 fully saturated rings. The fourth-order valence-corrected chi connectivity index (χ4v) is 3.75. The van der Waals surface area contributed by atoms with Gasteiger partial charge in [-0.25, -0.2) is 0 Å². The van der Waals surface area contributed by atoms with Gasteiger partial charge in [-0.05, 0) is 36.8 Å². The third kappa shape index (κ3) is 7.06. The molecule has 2 rings (SSSR count). The number of unbranched alkanes of at least 4 members (excludes halogenated alkanes) is 6. The number of nitrogens with zero attached hydrogens (tertiary/aromatic N) is 1. The van der Waals surface area contributed by atoms with Crippen molar-refractivity contribution in [3.05, 3.63) is 42.0 Å². The molecule has 0 aliphatic heterocycles. The molecule has 0 saturated carbocycles. The lowest BCUT2D eigenvalue weighted by Gasteiger charge is -2.26. The van der Waals surface area contributed by atoms with Crippen molar-refractivity contribution in [3.8, 4) is 5.75 Å². The predicted molar refractivity (Wildman–Crippen MR) is 126 cm³/mol. The third-order valence-corrected chi connectivity index (χ3v) is 5.52. The van der Waals surface area contributed by atoms with Crippen LogP contribution in [0.3, 0.4) is 0 Å². The first kappa shape index (κ1) is 23.3. The molecule has 0 unspecified atom stereocenters. The molecular weight excluding hydrogens is 356 g/mol. The standard InChI is InChI=1S/C26H40N2O/c1-4-7-12-19-28(20-13-8-5-2)26(27)24-17-18-25(29-21-14-9-6-3)23-16-11-10-15-22(23)24/h10-11,15-18,27H,4-9,12-14,19-21H2,1-3H3. The molecule has 0 bridgehead atoms. The first-order valence-electron chi connectivity index (χ1n) is 11.7. The van der Waals surface area contributed by atoms with E-state index in [0.717, 1.165) is 61.0 Å². The van der Waals surface area contributed by atoms with E-state index in [9.17, 15) is 0 Å². The van der Waals surface area contributed by atoms with E-state index in [1.807, 2.05) is 0 Å². The Kier molecular flexibility index (Phi) is 10.6. The van der Waals surface area contributed by atoms with Crippen LogP contribution < -0.4 is 4.74 Å². The van der Waals surface area contributed by atoms with Crippen LogP contribution >= 0.6 is 0 Å². The van der Waals surface area contributed by atoms with Crippen LogP contribution in [0.4, 0.5) is 0 Å². The lowest BCUT2D eigenvalue weighted by Crippen LogP contribution is -2.33. The number of rotatable bonds is 14. The molecule has 29 heavy (non-hydrogen) atoms. The Morgan fingerprint density at radius 2 is 1.34 bits per heavy atom. The van der Waals surface area contributed by atoms with Gasteiger partial charge in [0.15, 0.2) is 0 Å². The van der Waals surface area contributed by atoms with Crippen molar-refractivity contribution in [1.29, 1.82) is 5.41 Å². The van der Waals surface area contributed by atoms with E-state index in [0.29, 0.717) is 5.84 Å². The Balaban J connectivity index is 2.23. The number of benzene rings is 2. The molecular formula is C26H40N2O. The quantitative estimate of drug-likeness (QED) is 0.205. The normalized spacial score (nSPS) is 11.0. The number of ether oxygens (including phenoxy) is 1. The van der Waals surface area contributed by atoms with Gasteiger partial charge >= 0.3 is 0 Å². The highest BCUT2D eigenvalue weighted by molar-refractivity contribution is 6.09. The predicted octanol–water partition coefficient (Wildman–Crippen LogP) is 7.42. The molecule has 1 N–H and O–H groups in total. The molecule has 0 aliphatic rings. The average molecular weight is 397 g/mol. The number of amidine groups is 1. The summed E-state index contributed by atoms with van der Waals surface area (Å²) in [6.45, 7) is 9.39. The molecule has 0 radical (unpaired) electrons. The van der Waals surface area contributed by atoms with E-state index in [-0.39, 0.29) is 0 Å².